The van der Waals surface area contributed by atoms with Gasteiger partial charge >= 0.3 is 18.1 Å². The molecule has 0 aromatic carbocycles. The number of carbonyl (C=O) groups is 2. The minimum atomic E-state index is -5.08. The lowest BCUT2D eigenvalue weighted by Crippen LogP contribution is -2.40. The number of nitrogens with zero attached hydrogens (tertiary/aromatic N) is 2. The van der Waals surface area contributed by atoms with E-state index < -0.39 is 39.9 Å². The summed E-state index contributed by atoms with van der Waals surface area (Å²) in [5, 5.41) is 16.1. The van der Waals surface area contributed by atoms with Crippen LogP contribution < -0.4 is 16.2 Å². The molecule has 1 aliphatic heterocycles. The summed E-state index contributed by atoms with van der Waals surface area (Å²) in [4.78, 5) is 23.7. The number of carboxylic acids is 2. The van der Waals surface area contributed by atoms with Gasteiger partial charge < -0.3 is 26.4 Å². The maximum Gasteiger partial charge on any atom is 0.490 e. The number of carboxylic acid groups (broad SMARTS) is 2. The van der Waals surface area contributed by atoms with Gasteiger partial charge in [0.15, 0.2) is 0 Å². The topological polar surface area (TPSA) is 186 Å². The van der Waals surface area contributed by atoms with Crippen molar-refractivity contribution in [2.75, 3.05) is 33.3 Å². The van der Waals surface area contributed by atoms with E-state index in [4.69, 9.17) is 25.5 Å². The zero-order valence-electron chi connectivity index (χ0n) is 18.0. The molecule has 0 unspecified atom stereocenters. The van der Waals surface area contributed by atoms with E-state index >= 15 is 0 Å². The van der Waals surface area contributed by atoms with Crippen molar-refractivity contribution < 1.29 is 50.5 Å². The van der Waals surface area contributed by atoms with E-state index in [2.05, 4.69) is 10.7 Å². The van der Waals surface area contributed by atoms with Gasteiger partial charge in [-0.2, -0.15) is 17.5 Å². The highest BCUT2D eigenvalue weighted by Crippen LogP contribution is 2.24. The molecule has 2 rings (SSSR count). The second-order valence-electron chi connectivity index (χ2n) is 6.32. The Bertz CT molecular complexity index is 917. The summed E-state index contributed by atoms with van der Waals surface area (Å²) in [6.07, 6.45) is -2.19. The molecule has 1 aromatic rings. The zero-order chi connectivity index (χ0) is 26.5. The number of ether oxygens (including phenoxy) is 1. The number of halogens is 4. The van der Waals surface area contributed by atoms with Crippen molar-refractivity contribution >= 4 is 22.0 Å². The summed E-state index contributed by atoms with van der Waals surface area (Å²) in [5.74, 6) is -4.52. The number of piperidine rings is 1. The molecule has 1 aromatic heterocycles. The summed E-state index contributed by atoms with van der Waals surface area (Å²) in [6, 6.07) is 2.73. The molecule has 0 bridgehead atoms. The Morgan fingerprint density at radius 2 is 1.76 bits per heavy atom. The summed E-state index contributed by atoms with van der Waals surface area (Å²) in [7, 11) is -2.23. The number of sulfonamides is 1. The number of nitrogens with two attached hydrogens (primary N) is 2. The summed E-state index contributed by atoms with van der Waals surface area (Å²) in [5.41, 5.74) is 9.60. The fraction of sp³-hybridized carbons (Fsp3) is 0.500. The fourth-order valence-corrected chi connectivity index (χ4v) is 3.81. The van der Waals surface area contributed by atoms with Gasteiger partial charge in [-0.1, -0.05) is 0 Å². The van der Waals surface area contributed by atoms with Crippen molar-refractivity contribution in [3.63, 3.8) is 0 Å². The molecule has 34 heavy (non-hydrogen) atoms. The van der Waals surface area contributed by atoms with Crippen LogP contribution in [0.25, 0.3) is 0 Å². The molecular formula is C18H26F4N4O7S. The van der Waals surface area contributed by atoms with Crippen LogP contribution in [0.2, 0.25) is 0 Å². The van der Waals surface area contributed by atoms with Crippen molar-refractivity contribution in [1.82, 2.24) is 9.29 Å². The molecule has 0 amide bonds. The van der Waals surface area contributed by atoms with E-state index in [0.717, 1.165) is 6.20 Å². The van der Waals surface area contributed by atoms with Crippen LogP contribution in [0.1, 0.15) is 12.8 Å². The minimum Gasteiger partial charge on any atom is -0.481 e. The predicted octanol–water partition coefficient (Wildman–Crippen LogP) is 0.966. The van der Waals surface area contributed by atoms with Gasteiger partial charge in [0.2, 0.25) is 15.9 Å². The highest BCUT2D eigenvalue weighted by atomic mass is 32.2. The second kappa shape index (κ2) is 14.4. The monoisotopic (exact) mass is 518 g/mol. The Morgan fingerprint density at radius 3 is 2.15 bits per heavy atom. The van der Waals surface area contributed by atoms with Gasteiger partial charge in [0, 0.05) is 25.7 Å². The normalized spacial score (nSPS) is 15.3. The van der Waals surface area contributed by atoms with E-state index in [-0.39, 0.29) is 49.9 Å². The Balaban J connectivity index is 0.00000104. The number of pyridine rings is 1. The predicted molar refractivity (Wildman–Crippen MR) is 111 cm³/mol. The van der Waals surface area contributed by atoms with Crippen molar-refractivity contribution in [2.45, 2.75) is 23.9 Å². The van der Waals surface area contributed by atoms with Crippen LogP contribution in [0.3, 0.4) is 0 Å². The van der Waals surface area contributed by atoms with Crippen molar-refractivity contribution in [1.29, 1.82) is 0 Å². The Labute approximate surface area is 193 Å². The smallest absolute Gasteiger partial charge is 0.481 e. The van der Waals surface area contributed by atoms with E-state index in [1.807, 2.05) is 0 Å². The first kappa shape index (κ1) is 31.2. The summed E-state index contributed by atoms with van der Waals surface area (Å²) >= 11 is 0. The average Bonchev–Trinajstić information content (AvgIpc) is 2.80. The van der Waals surface area contributed by atoms with Gasteiger partial charge in [-0.15, -0.1) is 0 Å². The molecular weight excluding hydrogens is 492 g/mol. The quantitative estimate of drug-likeness (QED) is 0.379. The average molecular weight is 518 g/mol. The maximum absolute atomic E-state index is 12.9. The molecule has 11 nitrogen and oxygen atoms in total. The van der Waals surface area contributed by atoms with E-state index in [1.165, 1.54) is 29.6 Å². The maximum atomic E-state index is 12.9. The van der Waals surface area contributed by atoms with Crippen molar-refractivity contribution in [3.05, 3.63) is 30.2 Å². The number of aromatic nitrogens is 1. The fourth-order valence-electron chi connectivity index (χ4n) is 2.40. The van der Waals surface area contributed by atoms with Crippen LogP contribution in [0.5, 0.6) is 5.88 Å². The van der Waals surface area contributed by atoms with Crippen molar-refractivity contribution in [2.24, 2.45) is 17.4 Å². The standard InChI is InChI=1S/C15H20FN3O5S.C2HF3O2.CH5N/c16-12(9-17)5-8-24-14-2-1-13(10-18-14)25(22,23)19-6-3-11(4-7-19)15(20)21;3-2(4,5)1(6)7;1-2/h1-2,5,10-11H,3-4,6-9,17H2,(H,20,21);(H,6,7);2H2,1H3/b12-5-;;. The number of aliphatic carboxylic acids is 2. The third-order valence-corrected chi connectivity index (χ3v) is 6.01. The molecule has 0 spiro atoms. The lowest BCUT2D eigenvalue weighted by Gasteiger charge is -2.29. The van der Waals surface area contributed by atoms with Gasteiger partial charge in [-0.25, -0.2) is 22.6 Å². The molecule has 0 saturated carbocycles. The van der Waals surface area contributed by atoms with Gasteiger partial charge in [-0.3, -0.25) is 4.79 Å². The molecule has 6 N–H and O–H groups in total. The third-order valence-electron chi connectivity index (χ3n) is 4.12. The lowest BCUT2D eigenvalue weighted by atomic mass is 9.99. The summed E-state index contributed by atoms with van der Waals surface area (Å²) in [6.45, 7) is 0.0266. The largest absolute Gasteiger partial charge is 0.490 e. The lowest BCUT2D eigenvalue weighted by molar-refractivity contribution is -0.192. The van der Waals surface area contributed by atoms with Crippen LogP contribution in [0.4, 0.5) is 17.6 Å². The van der Waals surface area contributed by atoms with Gasteiger partial charge in [0.05, 0.1) is 12.1 Å². The highest BCUT2D eigenvalue weighted by Gasteiger charge is 2.38. The van der Waals surface area contributed by atoms with E-state index in [0.29, 0.717) is 0 Å². The van der Waals surface area contributed by atoms with E-state index in [9.17, 15) is 30.8 Å². The molecule has 2 heterocycles. The van der Waals surface area contributed by atoms with Gasteiger partial charge in [-0.05, 0) is 32.0 Å². The number of hydrogen-bond donors (Lipinski definition) is 4. The summed E-state index contributed by atoms with van der Waals surface area (Å²) < 4.78 is 76.1. The molecule has 0 atom stereocenters. The number of alkyl halides is 3. The van der Waals surface area contributed by atoms with Crippen LogP contribution in [-0.4, -0.2) is 79.3 Å². The molecule has 16 heteroatoms. The van der Waals surface area contributed by atoms with Crippen LogP contribution in [0, 0.1) is 5.92 Å². The molecule has 1 aliphatic rings. The number of hydrogen-bond acceptors (Lipinski definition) is 8. The van der Waals surface area contributed by atoms with Gasteiger partial charge in [0.25, 0.3) is 0 Å². The Morgan fingerprint density at radius 1 is 1.24 bits per heavy atom. The Kier molecular flexibility index (Phi) is 13.2. The van der Waals surface area contributed by atoms with Crippen LogP contribution in [0.15, 0.2) is 35.1 Å². The zero-order valence-corrected chi connectivity index (χ0v) is 18.9. The highest BCUT2D eigenvalue weighted by molar-refractivity contribution is 7.89. The van der Waals surface area contributed by atoms with Gasteiger partial charge in [0.1, 0.15) is 17.3 Å². The Hall–Kier alpha value is -2.82. The second-order valence-corrected chi connectivity index (χ2v) is 8.26. The van der Waals surface area contributed by atoms with Crippen LogP contribution >= 0.6 is 0 Å². The van der Waals surface area contributed by atoms with Crippen molar-refractivity contribution in [3.8, 4) is 5.88 Å². The molecule has 194 valence electrons. The first-order chi connectivity index (χ1) is 15.8. The molecule has 0 radical (unpaired) electrons. The molecule has 1 saturated heterocycles. The molecule has 0 aliphatic carbocycles. The van der Waals surface area contributed by atoms with E-state index in [1.54, 1.807) is 0 Å². The molecule has 1 fully saturated rings. The minimum absolute atomic E-state index is 0.00249. The first-order valence-corrected chi connectivity index (χ1v) is 11.0. The third kappa shape index (κ3) is 10.4. The first-order valence-electron chi connectivity index (χ1n) is 9.53. The number of rotatable bonds is 7. The SMILES string of the molecule is CN.NC/C(F)=C/COc1ccc(S(=O)(=O)N2CCC(C(=O)O)CC2)cn1.O=C(O)C(F)(F)F. The van der Waals surface area contributed by atoms with Crippen LogP contribution in [-0.2, 0) is 19.6 Å².